The number of hydrogen-bond donors (Lipinski definition) is 1. The second-order valence-corrected chi connectivity index (χ2v) is 5.15. The fourth-order valence-electron chi connectivity index (χ4n) is 2.00. The number of nitrogens with zero attached hydrogens (tertiary/aromatic N) is 2. The van der Waals surface area contributed by atoms with E-state index in [-0.39, 0.29) is 12.2 Å². The zero-order valence-corrected chi connectivity index (χ0v) is 12.4. The number of halogens is 1. The number of para-hydroxylation sites is 1. The van der Waals surface area contributed by atoms with Crippen molar-refractivity contribution in [1.29, 1.82) is 0 Å². The summed E-state index contributed by atoms with van der Waals surface area (Å²) in [7, 11) is 0. The average Bonchev–Trinajstić information content (AvgIpc) is 2.82. The fourth-order valence-corrected chi connectivity index (χ4v) is 2.53. The largest absolute Gasteiger partial charge is 0.486 e. The third-order valence-electron chi connectivity index (χ3n) is 3.02. The molecule has 0 fully saturated rings. The first-order chi connectivity index (χ1) is 10.1. The first kappa shape index (κ1) is 13.6. The molecule has 0 radical (unpaired) electrons. The number of rotatable bonds is 4. The molecule has 6 heteroatoms. The van der Waals surface area contributed by atoms with Crippen molar-refractivity contribution >= 4 is 27.4 Å². The number of pyridine rings is 1. The summed E-state index contributed by atoms with van der Waals surface area (Å²) in [4.78, 5) is 15.4. The van der Waals surface area contributed by atoms with Crippen LogP contribution < -0.4 is 4.74 Å². The topological polar surface area (TPSA) is 63.8 Å². The predicted octanol–water partition coefficient (Wildman–Crippen LogP) is 3.37. The Bertz CT molecular complexity index is 799. The molecule has 2 aromatic heterocycles. The summed E-state index contributed by atoms with van der Waals surface area (Å²) in [6, 6.07) is 12.7. The van der Waals surface area contributed by atoms with Crippen LogP contribution in [0.25, 0.3) is 5.52 Å². The van der Waals surface area contributed by atoms with E-state index < -0.39 is 5.97 Å². The molecule has 1 N–H and O–H groups in total. The lowest BCUT2D eigenvalue weighted by Crippen LogP contribution is -2.04. The highest BCUT2D eigenvalue weighted by Gasteiger charge is 2.12. The van der Waals surface area contributed by atoms with Crippen molar-refractivity contribution in [2.24, 2.45) is 0 Å². The van der Waals surface area contributed by atoms with Crippen molar-refractivity contribution in [2.45, 2.75) is 6.61 Å². The number of imidazole rings is 1. The quantitative estimate of drug-likeness (QED) is 0.786. The molecule has 1 aromatic carbocycles. The van der Waals surface area contributed by atoms with Crippen LogP contribution in [-0.2, 0) is 6.61 Å². The van der Waals surface area contributed by atoms with E-state index in [0.717, 1.165) is 11.3 Å². The molecule has 3 rings (SSSR count). The molecule has 0 amide bonds. The Hall–Kier alpha value is -2.34. The smallest absolute Gasteiger partial charge is 0.337 e. The molecule has 2 heterocycles. The number of carboxylic acids is 1. The molecule has 21 heavy (non-hydrogen) atoms. The maximum absolute atomic E-state index is 11.1. The summed E-state index contributed by atoms with van der Waals surface area (Å²) in [6.07, 6.45) is 1.54. The molecule has 0 aliphatic heterocycles. The van der Waals surface area contributed by atoms with Gasteiger partial charge in [0.15, 0.2) is 5.82 Å². The molecule has 106 valence electrons. The number of ether oxygens (including phenoxy) is 1. The molecule has 0 aliphatic carbocycles. The van der Waals surface area contributed by atoms with Crippen LogP contribution >= 0.6 is 15.9 Å². The monoisotopic (exact) mass is 346 g/mol. The average molecular weight is 347 g/mol. The van der Waals surface area contributed by atoms with Gasteiger partial charge in [-0.05, 0) is 40.2 Å². The summed E-state index contributed by atoms with van der Waals surface area (Å²) in [6.45, 7) is 0.250. The van der Waals surface area contributed by atoms with Crippen LogP contribution in [0.2, 0.25) is 0 Å². The zero-order valence-electron chi connectivity index (χ0n) is 10.9. The number of carbonyl (C=O) groups is 1. The van der Waals surface area contributed by atoms with E-state index in [9.17, 15) is 4.79 Å². The van der Waals surface area contributed by atoms with Gasteiger partial charge in [-0.25, -0.2) is 9.78 Å². The highest BCUT2D eigenvalue weighted by Crippen LogP contribution is 2.21. The van der Waals surface area contributed by atoms with E-state index in [1.807, 2.05) is 30.3 Å². The van der Waals surface area contributed by atoms with Gasteiger partial charge < -0.3 is 9.84 Å². The molecular formula is C15H11BrN2O3. The van der Waals surface area contributed by atoms with Gasteiger partial charge in [0, 0.05) is 6.20 Å². The Morgan fingerprint density at radius 2 is 2.00 bits per heavy atom. The standard InChI is InChI=1S/C15H11BrN2O3/c16-14-12-7-6-10(15(19)20)8-18(12)13(17-14)9-21-11-4-2-1-3-5-11/h1-8H,9H2,(H,19,20). The number of aromatic nitrogens is 2. The van der Waals surface area contributed by atoms with Crippen LogP contribution in [0.5, 0.6) is 5.75 Å². The summed E-state index contributed by atoms with van der Waals surface area (Å²) in [5, 5.41) is 9.07. The van der Waals surface area contributed by atoms with Crippen molar-refractivity contribution in [3.63, 3.8) is 0 Å². The Balaban J connectivity index is 1.94. The van der Waals surface area contributed by atoms with E-state index in [1.165, 1.54) is 0 Å². The van der Waals surface area contributed by atoms with Gasteiger partial charge in [0.1, 0.15) is 17.0 Å². The second kappa shape index (κ2) is 5.57. The molecule has 0 spiro atoms. The Kier molecular flexibility index (Phi) is 3.62. The van der Waals surface area contributed by atoms with Gasteiger partial charge in [-0.2, -0.15) is 0 Å². The van der Waals surface area contributed by atoms with E-state index in [1.54, 1.807) is 22.7 Å². The van der Waals surface area contributed by atoms with E-state index >= 15 is 0 Å². The predicted molar refractivity (Wildman–Crippen MR) is 80.6 cm³/mol. The summed E-state index contributed by atoms with van der Waals surface area (Å²) < 4.78 is 8.04. The lowest BCUT2D eigenvalue weighted by Gasteiger charge is -2.05. The van der Waals surface area contributed by atoms with Crippen molar-refractivity contribution in [3.05, 3.63) is 64.7 Å². The van der Waals surface area contributed by atoms with Crippen molar-refractivity contribution in [1.82, 2.24) is 9.38 Å². The van der Waals surface area contributed by atoms with Crippen molar-refractivity contribution < 1.29 is 14.6 Å². The van der Waals surface area contributed by atoms with Crippen LogP contribution in [0.15, 0.2) is 53.3 Å². The molecule has 0 unspecified atom stereocenters. The van der Waals surface area contributed by atoms with E-state index in [0.29, 0.717) is 10.4 Å². The van der Waals surface area contributed by atoms with Gasteiger partial charge in [-0.15, -0.1) is 0 Å². The van der Waals surface area contributed by atoms with Crippen LogP contribution in [0.3, 0.4) is 0 Å². The lowest BCUT2D eigenvalue weighted by atomic mass is 10.3. The molecule has 3 aromatic rings. The first-order valence-electron chi connectivity index (χ1n) is 6.23. The van der Waals surface area contributed by atoms with Gasteiger partial charge in [0.25, 0.3) is 0 Å². The normalized spacial score (nSPS) is 10.7. The van der Waals surface area contributed by atoms with Crippen molar-refractivity contribution in [2.75, 3.05) is 0 Å². The zero-order chi connectivity index (χ0) is 14.8. The number of carboxylic acid groups (broad SMARTS) is 1. The van der Waals surface area contributed by atoms with E-state index in [4.69, 9.17) is 9.84 Å². The Labute approximate surface area is 128 Å². The van der Waals surface area contributed by atoms with Gasteiger partial charge in [0.2, 0.25) is 0 Å². The Morgan fingerprint density at radius 3 is 2.71 bits per heavy atom. The lowest BCUT2D eigenvalue weighted by molar-refractivity contribution is 0.0696. The molecule has 0 aliphatic rings. The number of aromatic carboxylic acids is 1. The number of benzene rings is 1. The minimum Gasteiger partial charge on any atom is -0.486 e. The second-order valence-electron chi connectivity index (χ2n) is 4.40. The van der Waals surface area contributed by atoms with Gasteiger partial charge in [-0.3, -0.25) is 4.40 Å². The maximum atomic E-state index is 11.1. The van der Waals surface area contributed by atoms with Gasteiger partial charge in [-0.1, -0.05) is 18.2 Å². The third-order valence-corrected chi connectivity index (χ3v) is 3.61. The van der Waals surface area contributed by atoms with Crippen LogP contribution in [0.4, 0.5) is 0 Å². The molecular weight excluding hydrogens is 336 g/mol. The highest BCUT2D eigenvalue weighted by molar-refractivity contribution is 9.10. The fraction of sp³-hybridized carbons (Fsp3) is 0.0667. The van der Waals surface area contributed by atoms with Crippen LogP contribution in [-0.4, -0.2) is 20.5 Å². The van der Waals surface area contributed by atoms with Crippen LogP contribution in [0.1, 0.15) is 16.2 Å². The molecule has 0 saturated carbocycles. The first-order valence-corrected chi connectivity index (χ1v) is 7.02. The summed E-state index contributed by atoms with van der Waals surface area (Å²) in [5.74, 6) is 0.389. The number of fused-ring (bicyclic) bond motifs is 1. The molecule has 0 atom stereocenters. The number of hydrogen-bond acceptors (Lipinski definition) is 3. The molecule has 0 saturated heterocycles. The van der Waals surface area contributed by atoms with Gasteiger partial charge in [0.05, 0.1) is 11.1 Å². The van der Waals surface area contributed by atoms with Crippen LogP contribution in [0, 0.1) is 0 Å². The highest BCUT2D eigenvalue weighted by atomic mass is 79.9. The van der Waals surface area contributed by atoms with E-state index in [2.05, 4.69) is 20.9 Å². The summed E-state index contributed by atoms with van der Waals surface area (Å²) in [5.41, 5.74) is 1.00. The minimum absolute atomic E-state index is 0.202. The maximum Gasteiger partial charge on any atom is 0.337 e. The molecule has 5 nitrogen and oxygen atoms in total. The minimum atomic E-state index is -0.975. The SMILES string of the molecule is O=C(O)c1ccc2c(Br)nc(COc3ccccc3)n2c1. The molecule has 0 bridgehead atoms. The van der Waals surface area contributed by atoms with Crippen molar-refractivity contribution in [3.8, 4) is 5.75 Å². The Morgan fingerprint density at radius 1 is 1.24 bits per heavy atom. The van der Waals surface area contributed by atoms with Gasteiger partial charge >= 0.3 is 5.97 Å². The third kappa shape index (κ3) is 2.75. The summed E-state index contributed by atoms with van der Waals surface area (Å²) >= 11 is 3.37.